The van der Waals surface area contributed by atoms with Crippen LogP contribution in [-0.4, -0.2) is 12.1 Å². The van der Waals surface area contributed by atoms with E-state index in [1.54, 1.807) is 0 Å². The number of thiophene rings is 1. The summed E-state index contributed by atoms with van der Waals surface area (Å²) in [6.45, 7) is 14.9. The fourth-order valence-corrected chi connectivity index (χ4v) is 2.67. The Hall–Kier alpha value is -0.640. The molecule has 1 aromatic heterocycles. The summed E-state index contributed by atoms with van der Waals surface area (Å²) in [6, 6.07) is 2.27. The molecule has 0 aliphatic carbocycles. The fraction of sp³-hybridized carbons (Fsp3) is 0.625. The Labute approximate surface area is 121 Å². The van der Waals surface area contributed by atoms with Crippen LogP contribution in [0.4, 0.5) is 0 Å². The van der Waals surface area contributed by atoms with E-state index in [1.165, 1.54) is 15.3 Å². The molecule has 2 nitrogen and oxygen atoms in total. The Morgan fingerprint density at radius 3 is 2.79 bits per heavy atom. The Bertz CT molecular complexity index is 390. The molecule has 0 aliphatic rings. The first kappa shape index (κ1) is 16.4. The number of allylic oxidation sites excluding steroid dienone is 1. The molecule has 0 amide bonds. The molecule has 0 aromatic carbocycles. The third kappa shape index (κ3) is 6.90. The summed E-state index contributed by atoms with van der Waals surface area (Å²) < 4.78 is 5.70. The SMILES string of the molecule is C=CCCCOCc1cc(CNC(C)(C)C)sc1C. The maximum Gasteiger partial charge on any atom is 0.0727 e. The van der Waals surface area contributed by atoms with Gasteiger partial charge >= 0.3 is 0 Å². The van der Waals surface area contributed by atoms with E-state index >= 15 is 0 Å². The lowest BCUT2D eigenvalue weighted by Gasteiger charge is -2.19. The standard InChI is InChI=1S/C16H27NOS/c1-6-7-8-9-18-12-14-10-15(19-13(14)2)11-17-16(3,4)5/h6,10,17H,1,7-9,11-12H2,2-5H3. The van der Waals surface area contributed by atoms with Gasteiger partial charge in [-0.2, -0.15) is 0 Å². The molecule has 1 heterocycles. The molecule has 0 fully saturated rings. The second-order valence-corrected chi connectivity index (χ2v) is 7.22. The quantitative estimate of drug-likeness (QED) is 0.562. The molecule has 0 atom stereocenters. The van der Waals surface area contributed by atoms with Crippen molar-refractivity contribution in [1.29, 1.82) is 0 Å². The molecule has 0 saturated carbocycles. The number of hydrogen-bond acceptors (Lipinski definition) is 3. The van der Waals surface area contributed by atoms with Crippen molar-refractivity contribution in [2.75, 3.05) is 6.61 Å². The number of ether oxygens (including phenoxy) is 1. The second-order valence-electron chi connectivity index (χ2n) is 5.88. The Morgan fingerprint density at radius 1 is 1.42 bits per heavy atom. The van der Waals surface area contributed by atoms with Crippen LogP contribution >= 0.6 is 11.3 Å². The molecule has 0 saturated heterocycles. The first-order valence-corrected chi connectivity index (χ1v) is 7.76. The van der Waals surface area contributed by atoms with Crippen LogP contribution in [0.5, 0.6) is 0 Å². The van der Waals surface area contributed by atoms with Crippen molar-refractivity contribution >= 4 is 11.3 Å². The molecule has 19 heavy (non-hydrogen) atoms. The van der Waals surface area contributed by atoms with Gasteiger partial charge in [0.05, 0.1) is 6.61 Å². The van der Waals surface area contributed by atoms with Crippen molar-refractivity contribution < 1.29 is 4.74 Å². The highest BCUT2D eigenvalue weighted by Gasteiger charge is 2.11. The van der Waals surface area contributed by atoms with Crippen molar-refractivity contribution in [2.45, 2.75) is 59.2 Å². The van der Waals surface area contributed by atoms with Crippen molar-refractivity contribution in [3.63, 3.8) is 0 Å². The zero-order valence-corrected chi connectivity index (χ0v) is 13.5. The number of nitrogens with one attached hydrogen (secondary N) is 1. The highest BCUT2D eigenvalue weighted by molar-refractivity contribution is 7.12. The van der Waals surface area contributed by atoms with Crippen molar-refractivity contribution in [2.24, 2.45) is 0 Å². The lowest BCUT2D eigenvalue weighted by Crippen LogP contribution is -2.34. The van der Waals surface area contributed by atoms with Crippen LogP contribution in [0.1, 0.15) is 48.9 Å². The van der Waals surface area contributed by atoms with E-state index < -0.39 is 0 Å². The van der Waals surface area contributed by atoms with E-state index in [-0.39, 0.29) is 5.54 Å². The summed E-state index contributed by atoms with van der Waals surface area (Å²) >= 11 is 1.86. The molecule has 0 bridgehead atoms. The van der Waals surface area contributed by atoms with Gasteiger partial charge in [0.15, 0.2) is 0 Å². The van der Waals surface area contributed by atoms with Crippen molar-refractivity contribution in [3.8, 4) is 0 Å². The number of aryl methyl sites for hydroxylation is 1. The summed E-state index contributed by atoms with van der Waals surface area (Å²) in [5.41, 5.74) is 1.49. The molecule has 0 aliphatic heterocycles. The zero-order chi connectivity index (χ0) is 14.3. The van der Waals surface area contributed by atoms with E-state index in [4.69, 9.17) is 4.74 Å². The van der Waals surface area contributed by atoms with Crippen LogP contribution in [0.25, 0.3) is 0 Å². The maximum absolute atomic E-state index is 5.70. The fourth-order valence-electron chi connectivity index (χ4n) is 1.68. The van der Waals surface area contributed by atoms with Gasteiger partial charge in [0.2, 0.25) is 0 Å². The molecular weight excluding hydrogens is 254 g/mol. The van der Waals surface area contributed by atoms with E-state index in [1.807, 2.05) is 17.4 Å². The van der Waals surface area contributed by atoms with Gasteiger partial charge in [0.1, 0.15) is 0 Å². The van der Waals surface area contributed by atoms with Gasteiger partial charge in [-0.3, -0.25) is 0 Å². The summed E-state index contributed by atoms with van der Waals surface area (Å²) in [6.07, 6.45) is 4.03. The van der Waals surface area contributed by atoms with E-state index in [0.29, 0.717) is 0 Å². The van der Waals surface area contributed by atoms with Gasteiger partial charge in [0.25, 0.3) is 0 Å². The summed E-state index contributed by atoms with van der Waals surface area (Å²) in [5.74, 6) is 0. The number of hydrogen-bond donors (Lipinski definition) is 1. The topological polar surface area (TPSA) is 21.3 Å². The van der Waals surface area contributed by atoms with Gasteiger partial charge in [0, 0.05) is 28.4 Å². The molecule has 0 unspecified atom stereocenters. The monoisotopic (exact) mass is 281 g/mol. The van der Waals surface area contributed by atoms with Crippen molar-refractivity contribution in [1.82, 2.24) is 5.32 Å². The number of rotatable bonds is 8. The smallest absolute Gasteiger partial charge is 0.0727 e. The van der Waals surface area contributed by atoms with E-state index in [9.17, 15) is 0 Å². The predicted molar refractivity (Wildman–Crippen MR) is 84.7 cm³/mol. The van der Waals surface area contributed by atoms with Gasteiger partial charge < -0.3 is 10.1 Å². The first-order valence-electron chi connectivity index (χ1n) is 6.94. The van der Waals surface area contributed by atoms with Gasteiger partial charge in [-0.05, 0) is 52.2 Å². The molecule has 0 spiro atoms. The highest BCUT2D eigenvalue weighted by Crippen LogP contribution is 2.23. The minimum absolute atomic E-state index is 0.166. The third-order valence-corrected chi connectivity index (χ3v) is 3.91. The lowest BCUT2D eigenvalue weighted by molar-refractivity contribution is 0.119. The van der Waals surface area contributed by atoms with E-state index in [0.717, 1.165) is 32.6 Å². The third-order valence-electron chi connectivity index (χ3n) is 2.82. The first-order chi connectivity index (χ1) is 8.92. The Balaban J connectivity index is 2.38. The molecule has 1 N–H and O–H groups in total. The average Bonchev–Trinajstić information content (AvgIpc) is 2.67. The summed E-state index contributed by atoms with van der Waals surface area (Å²) in [4.78, 5) is 2.76. The van der Waals surface area contributed by atoms with Gasteiger partial charge in [-0.25, -0.2) is 0 Å². The molecule has 1 aromatic rings. The highest BCUT2D eigenvalue weighted by atomic mass is 32.1. The number of unbranched alkanes of at least 4 members (excludes halogenated alkanes) is 1. The zero-order valence-electron chi connectivity index (χ0n) is 12.7. The Kier molecular flexibility index (Phi) is 6.76. The van der Waals surface area contributed by atoms with Gasteiger partial charge in [-0.1, -0.05) is 6.08 Å². The normalized spacial score (nSPS) is 11.8. The van der Waals surface area contributed by atoms with Gasteiger partial charge in [-0.15, -0.1) is 17.9 Å². The summed E-state index contributed by atoms with van der Waals surface area (Å²) in [7, 11) is 0. The largest absolute Gasteiger partial charge is 0.377 e. The van der Waals surface area contributed by atoms with Crippen LogP contribution in [0.15, 0.2) is 18.7 Å². The molecule has 108 valence electrons. The van der Waals surface area contributed by atoms with Crippen LogP contribution < -0.4 is 5.32 Å². The van der Waals surface area contributed by atoms with Crippen LogP contribution in [-0.2, 0) is 17.9 Å². The van der Waals surface area contributed by atoms with Crippen LogP contribution in [0.3, 0.4) is 0 Å². The lowest BCUT2D eigenvalue weighted by atomic mass is 10.1. The molecular formula is C16H27NOS. The van der Waals surface area contributed by atoms with Crippen LogP contribution in [0, 0.1) is 6.92 Å². The second kappa shape index (κ2) is 7.83. The van der Waals surface area contributed by atoms with Crippen LogP contribution in [0.2, 0.25) is 0 Å². The summed E-state index contributed by atoms with van der Waals surface area (Å²) in [5, 5.41) is 3.52. The molecule has 1 rings (SSSR count). The average molecular weight is 281 g/mol. The predicted octanol–water partition coefficient (Wildman–Crippen LogP) is 4.43. The maximum atomic E-state index is 5.70. The minimum atomic E-state index is 0.166. The van der Waals surface area contributed by atoms with Crippen molar-refractivity contribution in [3.05, 3.63) is 34.0 Å². The Morgan fingerprint density at radius 2 is 2.16 bits per heavy atom. The molecule has 0 radical (unpaired) electrons. The minimum Gasteiger partial charge on any atom is -0.377 e. The molecule has 3 heteroatoms. The van der Waals surface area contributed by atoms with E-state index in [2.05, 4.69) is 45.7 Å².